The van der Waals surface area contributed by atoms with Crippen LogP contribution in [0.2, 0.25) is 0 Å². The maximum atomic E-state index is 12.1. The summed E-state index contributed by atoms with van der Waals surface area (Å²) in [6.07, 6.45) is 1.87. The quantitative estimate of drug-likeness (QED) is 0.808. The highest BCUT2D eigenvalue weighted by Crippen LogP contribution is 2.18. The molecule has 0 saturated carbocycles. The highest BCUT2D eigenvalue weighted by atomic mass is 16.5. The van der Waals surface area contributed by atoms with Crippen molar-refractivity contribution in [1.29, 1.82) is 0 Å². The molecule has 1 aromatic rings. The van der Waals surface area contributed by atoms with Crippen molar-refractivity contribution in [2.24, 2.45) is 5.92 Å². The lowest BCUT2D eigenvalue weighted by atomic mass is 9.98. The lowest BCUT2D eigenvalue weighted by Gasteiger charge is -2.22. The SMILES string of the molecule is COC(=O)c1ccccc1NC(=O)C1CCCNC1. The topological polar surface area (TPSA) is 67.4 Å². The highest BCUT2D eigenvalue weighted by molar-refractivity contribution is 6.01. The molecule has 102 valence electrons. The number of hydrogen-bond donors (Lipinski definition) is 2. The Hall–Kier alpha value is -1.88. The fraction of sp³-hybridized carbons (Fsp3) is 0.429. The summed E-state index contributed by atoms with van der Waals surface area (Å²) in [6, 6.07) is 6.87. The van der Waals surface area contributed by atoms with Gasteiger partial charge in [0.2, 0.25) is 5.91 Å². The number of anilines is 1. The second-order valence-electron chi connectivity index (χ2n) is 4.57. The van der Waals surface area contributed by atoms with Gasteiger partial charge in [0.1, 0.15) is 0 Å². The van der Waals surface area contributed by atoms with Gasteiger partial charge in [0.25, 0.3) is 0 Å². The standard InChI is InChI=1S/C14H18N2O3/c1-19-14(18)11-6-2-3-7-12(11)16-13(17)10-5-4-8-15-9-10/h2-3,6-7,10,15H,4-5,8-9H2,1H3,(H,16,17). The van der Waals surface area contributed by atoms with E-state index in [1.54, 1.807) is 24.3 Å². The van der Waals surface area contributed by atoms with Gasteiger partial charge in [0.15, 0.2) is 0 Å². The van der Waals surface area contributed by atoms with Gasteiger partial charge in [-0.2, -0.15) is 0 Å². The van der Waals surface area contributed by atoms with E-state index in [4.69, 9.17) is 4.74 Å². The van der Waals surface area contributed by atoms with Crippen molar-refractivity contribution in [3.63, 3.8) is 0 Å². The molecule has 1 saturated heterocycles. The molecule has 1 fully saturated rings. The summed E-state index contributed by atoms with van der Waals surface area (Å²) in [5, 5.41) is 6.01. The van der Waals surface area contributed by atoms with Crippen molar-refractivity contribution in [3.8, 4) is 0 Å². The molecule has 1 aromatic carbocycles. The minimum atomic E-state index is -0.447. The van der Waals surface area contributed by atoms with Gasteiger partial charge in [0, 0.05) is 6.54 Å². The number of ether oxygens (including phenoxy) is 1. The summed E-state index contributed by atoms with van der Waals surface area (Å²) in [4.78, 5) is 23.7. The Kier molecular flexibility index (Phi) is 4.52. The number of benzene rings is 1. The van der Waals surface area contributed by atoms with E-state index in [9.17, 15) is 9.59 Å². The third kappa shape index (κ3) is 3.32. The van der Waals surface area contributed by atoms with Crippen LogP contribution in [0.1, 0.15) is 23.2 Å². The number of carbonyl (C=O) groups is 2. The maximum absolute atomic E-state index is 12.1. The van der Waals surface area contributed by atoms with Crippen LogP contribution < -0.4 is 10.6 Å². The lowest BCUT2D eigenvalue weighted by Crippen LogP contribution is -2.37. The Balaban J connectivity index is 2.09. The Morgan fingerprint density at radius 3 is 2.84 bits per heavy atom. The molecule has 1 aliphatic heterocycles. The van der Waals surface area contributed by atoms with Crippen LogP contribution in [0, 0.1) is 5.92 Å². The zero-order chi connectivity index (χ0) is 13.7. The third-order valence-electron chi connectivity index (χ3n) is 3.26. The monoisotopic (exact) mass is 262 g/mol. The van der Waals surface area contributed by atoms with Gasteiger partial charge in [-0.3, -0.25) is 4.79 Å². The fourth-order valence-corrected chi connectivity index (χ4v) is 2.19. The Labute approximate surface area is 112 Å². The van der Waals surface area contributed by atoms with Crippen LogP contribution in [-0.4, -0.2) is 32.1 Å². The van der Waals surface area contributed by atoms with E-state index in [0.29, 0.717) is 17.8 Å². The van der Waals surface area contributed by atoms with E-state index in [-0.39, 0.29) is 11.8 Å². The van der Waals surface area contributed by atoms with Crippen LogP contribution in [0.5, 0.6) is 0 Å². The van der Waals surface area contributed by atoms with Crippen LogP contribution in [0.3, 0.4) is 0 Å². The van der Waals surface area contributed by atoms with Crippen LogP contribution >= 0.6 is 0 Å². The summed E-state index contributed by atoms with van der Waals surface area (Å²) in [7, 11) is 1.33. The average Bonchev–Trinajstić information content (AvgIpc) is 2.48. The van der Waals surface area contributed by atoms with Crippen molar-refractivity contribution in [2.75, 3.05) is 25.5 Å². The van der Waals surface area contributed by atoms with Crippen LogP contribution in [0.4, 0.5) is 5.69 Å². The van der Waals surface area contributed by atoms with Crippen molar-refractivity contribution in [3.05, 3.63) is 29.8 Å². The molecule has 0 aromatic heterocycles. The zero-order valence-corrected chi connectivity index (χ0v) is 10.9. The van der Waals surface area contributed by atoms with E-state index in [1.807, 2.05) is 0 Å². The van der Waals surface area contributed by atoms with Gasteiger partial charge in [-0.05, 0) is 31.5 Å². The van der Waals surface area contributed by atoms with Crippen LogP contribution in [0.25, 0.3) is 0 Å². The molecule has 1 amide bonds. The number of esters is 1. The summed E-state index contributed by atoms with van der Waals surface area (Å²) in [5.74, 6) is -0.541. The number of para-hydroxylation sites is 1. The van der Waals surface area contributed by atoms with Crippen molar-refractivity contribution in [2.45, 2.75) is 12.8 Å². The molecule has 1 atom stereocenters. The number of hydrogen-bond acceptors (Lipinski definition) is 4. The van der Waals surface area contributed by atoms with E-state index in [0.717, 1.165) is 19.4 Å². The summed E-state index contributed by atoms with van der Waals surface area (Å²) in [6.45, 7) is 1.65. The number of nitrogens with one attached hydrogen (secondary N) is 2. The molecule has 0 radical (unpaired) electrons. The van der Waals surface area contributed by atoms with E-state index in [1.165, 1.54) is 7.11 Å². The van der Waals surface area contributed by atoms with Gasteiger partial charge in [-0.15, -0.1) is 0 Å². The lowest BCUT2D eigenvalue weighted by molar-refractivity contribution is -0.120. The van der Waals surface area contributed by atoms with Crippen LogP contribution in [-0.2, 0) is 9.53 Å². The number of rotatable bonds is 3. The number of methoxy groups -OCH3 is 1. The minimum absolute atomic E-state index is 0.0422. The molecule has 5 nitrogen and oxygen atoms in total. The van der Waals surface area contributed by atoms with Crippen LogP contribution in [0.15, 0.2) is 24.3 Å². The molecular formula is C14H18N2O3. The molecule has 0 aliphatic carbocycles. The second-order valence-corrected chi connectivity index (χ2v) is 4.57. The van der Waals surface area contributed by atoms with Gasteiger partial charge in [-0.1, -0.05) is 12.1 Å². The first kappa shape index (κ1) is 13.5. The molecule has 0 spiro atoms. The van der Waals surface area contributed by atoms with Gasteiger partial charge >= 0.3 is 5.97 Å². The number of amides is 1. The predicted molar refractivity (Wildman–Crippen MR) is 72.0 cm³/mol. The Morgan fingerprint density at radius 2 is 2.16 bits per heavy atom. The smallest absolute Gasteiger partial charge is 0.339 e. The first-order chi connectivity index (χ1) is 9.22. The van der Waals surface area contributed by atoms with Crippen molar-refractivity contribution >= 4 is 17.6 Å². The predicted octanol–water partition coefficient (Wildman–Crippen LogP) is 1.41. The molecule has 1 aliphatic rings. The third-order valence-corrected chi connectivity index (χ3v) is 3.26. The van der Waals surface area contributed by atoms with E-state index >= 15 is 0 Å². The Bertz CT molecular complexity index is 468. The zero-order valence-electron chi connectivity index (χ0n) is 10.9. The number of carbonyl (C=O) groups excluding carboxylic acids is 2. The molecule has 0 bridgehead atoms. The normalized spacial score (nSPS) is 18.7. The number of piperidine rings is 1. The molecular weight excluding hydrogens is 244 g/mol. The molecule has 1 heterocycles. The first-order valence-corrected chi connectivity index (χ1v) is 6.41. The molecule has 19 heavy (non-hydrogen) atoms. The van der Waals surface area contributed by atoms with Gasteiger partial charge < -0.3 is 15.4 Å². The average molecular weight is 262 g/mol. The molecule has 1 unspecified atom stereocenters. The van der Waals surface area contributed by atoms with Crippen molar-refractivity contribution in [1.82, 2.24) is 5.32 Å². The Morgan fingerprint density at radius 1 is 1.37 bits per heavy atom. The van der Waals surface area contributed by atoms with Gasteiger partial charge in [0.05, 0.1) is 24.3 Å². The fourth-order valence-electron chi connectivity index (χ4n) is 2.19. The van der Waals surface area contributed by atoms with E-state index < -0.39 is 5.97 Å². The summed E-state index contributed by atoms with van der Waals surface area (Å²) < 4.78 is 4.70. The van der Waals surface area contributed by atoms with E-state index in [2.05, 4.69) is 10.6 Å². The largest absolute Gasteiger partial charge is 0.465 e. The molecule has 2 N–H and O–H groups in total. The van der Waals surface area contributed by atoms with Gasteiger partial charge in [-0.25, -0.2) is 4.79 Å². The highest BCUT2D eigenvalue weighted by Gasteiger charge is 2.22. The minimum Gasteiger partial charge on any atom is -0.465 e. The first-order valence-electron chi connectivity index (χ1n) is 6.41. The molecule has 2 rings (SSSR count). The maximum Gasteiger partial charge on any atom is 0.339 e. The summed E-state index contributed by atoms with van der Waals surface area (Å²) >= 11 is 0. The molecule has 5 heteroatoms. The second kappa shape index (κ2) is 6.33. The van der Waals surface area contributed by atoms with Crippen molar-refractivity contribution < 1.29 is 14.3 Å². The summed E-state index contributed by atoms with van der Waals surface area (Å²) in [5.41, 5.74) is 0.882.